The van der Waals surface area contributed by atoms with Crippen LogP contribution in [0, 0.1) is 0 Å². The summed E-state index contributed by atoms with van der Waals surface area (Å²) in [6.45, 7) is 0. The molecule has 2 aromatic carbocycles. The molecule has 0 unspecified atom stereocenters. The van der Waals surface area contributed by atoms with E-state index in [4.69, 9.17) is 0 Å². The van der Waals surface area contributed by atoms with E-state index in [-0.39, 0.29) is 22.8 Å². The van der Waals surface area contributed by atoms with E-state index in [1.807, 2.05) is 29.0 Å². The monoisotopic (exact) mass is 495 g/mol. The van der Waals surface area contributed by atoms with Gasteiger partial charge in [0.25, 0.3) is 5.91 Å². The van der Waals surface area contributed by atoms with Gasteiger partial charge in [-0.3, -0.25) is 9.59 Å². The lowest BCUT2D eigenvalue weighted by molar-refractivity contribution is -0.113. The molecule has 3 N–H and O–H groups in total. The van der Waals surface area contributed by atoms with E-state index in [0.717, 1.165) is 15.5 Å². The lowest BCUT2D eigenvalue weighted by Crippen LogP contribution is -2.16. The first-order valence-electron chi connectivity index (χ1n) is 9.65. The topological polar surface area (TPSA) is 108 Å². The number of hydrogen-bond donors (Lipinski definition) is 3. The summed E-state index contributed by atoms with van der Waals surface area (Å²) in [6.07, 6.45) is 0. The van der Waals surface area contributed by atoms with E-state index in [1.54, 1.807) is 41.7 Å². The van der Waals surface area contributed by atoms with E-state index in [9.17, 15) is 19.5 Å². The predicted octanol–water partition coefficient (Wildman–Crippen LogP) is 5.55. The number of hydrogen-bond acceptors (Lipinski definition) is 7. The molecule has 0 fully saturated rings. The molecule has 0 aliphatic carbocycles. The Kier molecular flexibility index (Phi) is 7.18. The second-order valence-corrected chi connectivity index (χ2v) is 9.54. The Balaban J connectivity index is 1.34. The maximum absolute atomic E-state index is 12.6. The van der Waals surface area contributed by atoms with E-state index in [2.05, 4.69) is 15.6 Å². The van der Waals surface area contributed by atoms with Gasteiger partial charge in [0.15, 0.2) is 5.13 Å². The van der Waals surface area contributed by atoms with Crippen LogP contribution in [0.2, 0.25) is 0 Å². The van der Waals surface area contributed by atoms with Crippen LogP contribution in [0.5, 0.6) is 0 Å². The van der Waals surface area contributed by atoms with Gasteiger partial charge < -0.3 is 15.7 Å². The highest BCUT2D eigenvalue weighted by Crippen LogP contribution is 2.28. The lowest BCUT2D eigenvalue weighted by atomic mass is 10.1. The fourth-order valence-corrected chi connectivity index (χ4v) is 5.15. The molecule has 0 aliphatic rings. The van der Waals surface area contributed by atoms with Gasteiger partial charge in [0.1, 0.15) is 0 Å². The molecule has 0 bridgehead atoms. The summed E-state index contributed by atoms with van der Waals surface area (Å²) in [7, 11) is 0. The van der Waals surface area contributed by atoms with Crippen LogP contribution in [0.3, 0.4) is 0 Å². The van der Waals surface area contributed by atoms with Crippen molar-refractivity contribution in [3.05, 3.63) is 82.6 Å². The third kappa shape index (κ3) is 5.86. The van der Waals surface area contributed by atoms with Gasteiger partial charge in [0.05, 0.1) is 27.5 Å². The summed E-state index contributed by atoms with van der Waals surface area (Å²) in [6, 6.07) is 17.0. The second kappa shape index (κ2) is 10.4. The molecule has 0 aliphatic heterocycles. The van der Waals surface area contributed by atoms with Crippen LogP contribution in [0.25, 0.3) is 10.6 Å². The number of nitrogens with one attached hydrogen (secondary N) is 2. The fourth-order valence-electron chi connectivity index (χ4n) is 2.90. The van der Waals surface area contributed by atoms with Crippen LogP contribution >= 0.6 is 34.4 Å². The van der Waals surface area contributed by atoms with Gasteiger partial charge in [-0.15, -0.1) is 34.4 Å². The van der Waals surface area contributed by atoms with Gasteiger partial charge in [-0.25, -0.2) is 9.78 Å². The third-order valence-corrected chi connectivity index (χ3v) is 7.03. The van der Waals surface area contributed by atoms with Gasteiger partial charge in [-0.05, 0) is 41.8 Å². The molecule has 10 heteroatoms. The second-order valence-electron chi connectivity index (χ2n) is 6.68. The molecule has 2 amide bonds. The molecule has 166 valence electrons. The fraction of sp³-hybridized carbons (Fsp3) is 0.0435. The molecule has 0 radical (unpaired) electrons. The SMILES string of the molecule is O=C(CSc1cccc(NC(=O)c2ccccc2C(=O)O)c1)Nc1nc(-c2cccs2)cs1. The maximum Gasteiger partial charge on any atom is 0.336 e. The van der Waals surface area contributed by atoms with Gasteiger partial charge in [0, 0.05) is 16.0 Å². The molecule has 0 saturated heterocycles. The van der Waals surface area contributed by atoms with E-state index in [1.165, 1.54) is 35.2 Å². The highest BCUT2D eigenvalue weighted by atomic mass is 32.2. The van der Waals surface area contributed by atoms with Gasteiger partial charge >= 0.3 is 5.97 Å². The van der Waals surface area contributed by atoms with Gasteiger partial charge in [-0.2, -0.15) is 0 Å². The molecule has 0 spiro atoms. The third-order valence-electron chi connectivity index (χ3n) is 4.39. The highest BCUT2D eigenvalue weighted by molar-refractivity contribution is 8.00. The smallest absolute Gasteiger partial charge is 0.336 e. The normalized spacial score (nSPS) is 10.5. The molecule has 4 rings (SSSR count). The molecule has 4 aromatic rings. The van der Waals surface area contributed by atoms with E-state index >= 15 is 0 Å². The number of carboxylic acid groups (broad SMARTS) is 1. The van der Waals surface area contributed by atoms with Crippen molar-refractivity contribution in [2.24, 2.45) is 0 Å². The highest BCUT2D eigenvalue weighted by Gasteiger charge is 2.16. The summed E-state index contributed by atoms with van der Waals surface area (Å²) in [5.74, 6) is -1.69. The number of amides is 2. The van der Waals surface area contributed by atoms with Crippen LogP contribution < -0.4 is 10.6 Å². The number of aromatic carboxylic acids is 1. The average Bonchev–Trinajstić information content (AvgIpc) is 3.50. The van der Waals surface area contributed by atoms with Crippen molar-refractivity contribution in [1.82, 2.24) is 4.98 Å². The van der Waals surface area contributed by atoms with Crippen LogP contribution in [-0.2, 0) is 4.79 Å². The summed E-state index contributed by atoms with van der Waals surface area (Å²) in [4.78, 5) is 42.5. The Labute approximate surface area is 201 Å². The van der Waals surface area contributed by atoms with Crippen molar-refractivity contribution < 1.29 is 19.5 Å². The van der Waals surface area contributed by atoms with Crippen molar-refractivity contribution in [3.8, 4) is 10.6 Å². The number of rotatable bonds is 8. The molecule has 7 nitrogen and oxygen atoms in total. The number of anilines is 2. The van der Waals surface area contributed by atoms with Crippen LogP contribution in [0.4, 0.5) is 10.8 Å². The number of thiazole rings is 1. The lowest BCUT2D eigenvalue weighted by Gasteiger charge is -2.09. The first-order chi connectivity index (χ1) is 16.0. The Bertz CT molecular complexity index is 1300. The molecule has 0 saturated carbocycles. The quantitative estimate of drug-likeness (QED) is 0.277. The number of carboxylic acids is 1. The Morgan fingerprint density at radius 2 is 1.76 bits per heavy atom. The minimum Gasteiger partial charge on any atom is -0.478 e. The molecule has 2 heterocycles. The maximum atomic E-state index is 12.6. The minimum absolute atomic E-state index is 0.0679. The molecule has 2 aromatic heterocycles. The number of aromatic nitrogens is 1. The average molecular weight is 496 g/mol. The van der Waals surface area contributed by atoms with E-state index < -0.39 is 11.9 Å². The van der Waals surface area contributed by atoms with Crippen molar-refractivity contribution in [3.63, 3.8) is 0 Å². The molecular formula is C23H17N3O4S3. The Hall–Kier alpha value is -3.47. The Morgan fingerprint density at radius 1 is 0.939 bits per heavy atom. The zero-order valence-corrected chi connectivity index (χ0v) is 19.4. The van der Waals surface area contributed by atoms with Crippen molar-refractivity contribution >= 4 is 63.0 Å². The number of nitrogens with zero attached hydrogens (tertiary/aromatic N) is 1. The summed E-state index contributed by atoms with van der Waals surface area (Å²) in [5, 5.41) is 19.2. The summed E-state index contributed by atoms with van der Waals surface area (Å²) >= 11 is 4.28. The van der Waals surface area contributed by atoms with Gasteiger partial charge in [0.2, 0.25) is 5.91 Å². The number of carbonyl (C=O) groups excluding carboxylic acids is 2. The zero-order valence-electron chi connectivity index (χ0n) is 17.0. The predicted molar refractivity (Wildman–Crippen MR) is 133 cm³/mol. The summed E-state index contributed by atoms with van der Waals surface area (Å²) < 4.78 is 0. The van der Waals surface area contributed by atoms with Crippen molar-refractivity contribution in [1.29, 1.82) is 0 Å². The first kappa shape index (κ1) is 22.7. The molecule has 0 atom stereocenters. The number of thiophene rings is 1. The summed E-state index contributed by atoms with van der Waals surface area (Å²) in [5.41, 5.74) is 1.35. The number of carbonyl (C=O) groups is 3. The van der Waals surface area contributed by atoms with Crippen LogP contribution in [0.15, 0.2) is 76.3 Å². The standard InChI is InChI=1S/C23H17N3O4S3/c27-20(26-23-25-18(12-33-23)19-9-4-10-31-19)13-32-15-6-3-5-14(11-15)24-21(28)16-7-1-2-8-17(16)22(29)30/h1-12H,13H2,(H,24,28)(H,29,30)(H,25,26,27). The first-order valence-corrected chi connectivity index (χ1v) is 12.4. The Morgan fingerprint density at radius 3 is 2.52 bits per heavy atom. The van der Waals surface area contributed by atoms with Crippen LogP contribution in [0.1, 0.15) is 20.7 Å². The number of thioether (sulfide) groups is 1. The molecule has 33 heavy (non-hydrogen) atoms. The van der Waals surface area contributed by atoms with Crippen molar-refractivity contribution in [2.45, 2.75) is 4.90 Å². The van der Waals surface area contributed by atoms with E-state index in [0.29, 0.717) is 10.8 Å². The van der Waals surface area contributed by atoms with Crippen molar-refractivity contribution in [2.75, 3.05) is 16.4 Å². The minimum atomic E-state index is -1.17. The number of benzene rings is 2. The zero-order chi connectivity index (χ0) is 23.2. The van der Waals surface area contributed by atoms with Crippen LogP contribution in [-0.4, -0.2) is 33.6 Å². The largest absolute Gasteiger partial charge is 0.478 e. The van der Waals surface area contributed by atoms with Gasteiger partial charge in [-0.1, -0.05) is 24.3 Å². The molecular weight excluding hydrogens is 478 g/mol.